The molecule has 2 heterocycles. The van der Waals surface area contributed by atoms with Crippen molar-refractivity contribution in [1.82, 2.24) is 24.4 Å². The van der Waals surface area contributed by atoms with Crippen LogP contribution in [0.1, 0.15) is 49.7 Å². The van der Waals surface area contributed by atoms with Gasteiger partial charge >= 0.3 is 6.03 Å². The number of nitrogens with zero attached hydrogens (tertiary/aromatic N) is 4. The molecule has 13 heteroatoms. The largest absolute Gasteiger partial charge is 0.475 e. The average molecular weight is 547 g/mol. The second kappa shape index (κ2) is 11.2. The number of halogens is 1. The molecule has 0 unspecified atom stereocenters. The third-order valence-corrected chi connectivity index (χ3v) is 6.59. The maximum atomic E-state index is 14.6. The van der Waals surface area contributed by atoms with Gasteiger partial charge in [0.1, 0.15) is 11.5 Å². The van der Waals surface area contributed by atoms with Crippen LogP contribution in [0.3, 0.4) is 0 Å². The Bertz CT molecular complexity index is 1470. The minimum atomic E-state index is -4.45. The number of ether oxygens (including phenoxy) is 1. The monoisotopic (exact) mass is 546 g/mol. The van der Waals surface area contributed by atoms with Crippen molar-refractivity contribution in [2.24, 2.45) is 7.05 Å². The van der Waals surface area contributed by atoms with Crippen molar-refractivity contribution in [2.75, 3.05) is 19.4 Å². The quantitative estimate of drug-likeness (QED) is 0.439. The molecular weight excluding hydrogens is 515 g/mol. The van der Waals surface area contributed by atoms with E-state index in [0.29, 0.717) is 22.6 Å². The van der Waals surface area contributed by atoms with Crippen LogP contribution < -0.4 is 14.8 Å². The van der Waals surface area contributed by atoms with Crippen LogP contribution in [0.15, 0.2) is 41.6 Å². The second-order valence-electron chi connectivity index (χ2n) is 9.37. The summed E-state index contributed by atoms with van der Waals surface area (Å²) in [7, 11) is 0.00265. The lowest BCUT2D eigenvalue weighted by atomic mass is 9.94. The third kappa shape index (κ3) is 6.46. The predicted octanol–water partition coefficient (Wildman–Crippen LogP) is 3.74. The minimum absolute atomic E-state index is 0.0239. The summed E-state index contributed by atoms with van der Waals surface area (Å²) in [6, 6.07) is 5.75. The van der Waals surface area contributed by atoms with Gasteiger partial charge in [-0.2, -0.15) is 13.5 Å². The van der Waals surface area contributed by atoms with Crippen LogP contribution >= 0.6 is 0 Å². The van der Waals surface area contributed by atoms with Crippen molar-refractivity contribution in [3.05, 3.63) is 53.6 Å². The molecule has 3 rings (SSSR count). The molecule has 1 aromatic carbocycles. The fraction of sp³-hybridized carbons (Fsp3) is 0.360. The first kappa shape index (κ1) is 28.6. The smallest absolute Gasteiger partial charge is 0.333 e. The Kier molecular flexibility index (Phi) is 8.40. The Hall–Kier alpha value is -4.00. The molecule has 3 amide bonds. The average Bonchev–Trinajstić information content (AvgIpc) is 3.21. The number of nitrogens with one attached hydrogen (secondary N) is 2. The van der Waals surface area contributed by atoms with Gasteiger partial charge in [-0.15, -0.1) is 0 Å². The highest BCUT2D eigenvalue weighted by Crippen LogP contribution is 2.37. The highest BCUT2D eigenvalue weighted by atomic mass is 32.2. The molecule has 0 atom stereocenters. The van der Waals surface area contributed by atoms with Gasteiger partial charge in [0.15, 0.2) is 5.03 Å². The van der Waals surface area contributed by atoms with E-state index in [1.54, 1.807) is 12.1 Å². The summed E-state index contributed by atoms with van der Waals surface area (Å²) in [5.74, 6) is -0.900. The van der Waals surface area contributed by atoms with E-state index in [0.717, 1.165) is 10.7 Å². The van der Waals surface area contributed by atoms with Crippen LogP contribution in [0.4, 0.5) is 14.9 Å². The summed E-state index contributed by atoms with van der Waals surface area (Å²) >= 11 is 0. The van der Waals surface area contributed by atoms with Gasteiger partial charge in [-0.25, -0.2) is 18.9 Å². The lowest BCUT2D eigenvalue weighted by Gasteiger charge is -2.19. The molecule has 3 aromatic rings. The molecule has 38 heavy (non-hydrogen) atoms. The number of urea groups is 1. The predicted molar refractivity (Wildman–Crippen MR) is 140 cm³/mol. The molecule has 0 saturated carbocycles. The fourth-order valence-electron chi connectivity index (χ4n) is 3.65. The zero-order valence-corrected chi connectivity index (χ0v) is 23.1. The van der Waals surface area contributed by atoms with E-state index >= 15 is 0 Å². The number of aryl methyl sites for hydroxylation is 1. The third-order valence-electron chi connectivity index (χ3n) is 5.38. The molecule has 0 radical (unpaired) electrons. The van der Waals surface area contributed by atoms with Gasteiger partial charge in [-0.1, -0.05) is 13.8 Å². The van der Waals surface area contributed by atoms with E-state index in [9.17, 15) is 22.4 Å². The number of anilines is 1. The lowest BCUT2D eigenvalue weighted by Crippen LogP contribution is -2.35. The summed E-state index contributed by atoms with van der Waals surface area (Å²) in [5, 5.41) is 5.93. The molecule has 0 aliphatic heterocycles. The van der Waals surface area contributed by atoms with E-state index in [-0.39, 0.29) is 23.4 Å². The van der Waals surface area contributed by atoms with Crippen molar-refractivity contribution in [2.45, 2.75) is 44.7 Å². The van der Waals surface area contributed by atoms with Gasteiger partial charge in [0, 0.05) is 45.0 Å². The van der Waals surface area contributed by atoms with E-state index < -0.39 is 32.8 Å². The number of amides is 3. The zero-order chi connectivity index (χ0) is 28.4. The van der Waals surface area contributed by atoms with Crippen LogP contribution in [0.5, 0.6) is 5.88 Å². The van der Waals surface area contributed by atoms with E-state index in [4.69, 9.17) is 4.74 Å². The Labute approximate surface area is 221 Å². The highest BCUT2D eigenvalue weighted by Gasteiger charge is 2.26. The number of carbonyl (C=O) groups excluding carboxylic acids is 2. The molecule has 0 aliphatic rings. The van der Waals surface area contributed by atoms with E-state index in [1.807, 2.05) is 32.4 Å². The van der Waals surface area contributed by atoms with Crippen molar-refractivity contribution in [1.29, 1.82) is 0 Å². The second-order valence-corrected chi connectivity index (χ2v) is 11.0. The van der Waals surface area contributed by atoms with Crippen LogP contribution in [-0.2, 0) is 17.1 Å². The maximum absolute atomic E-state index is 14.6. The van der Waals surface area contributed by atoms with Gasteiger partial charge in [0.25, 0.3) is 15.9 Å². The molecule has 2 aromatic heterocycles. The first-order chi connectivity index (χ1) is 17.7. The van der Waals surface area contributed by atoms with Gasteiger partial charge in [-0.05, 0) is 49.1 Å². The van der Waals surface area contributed by atoms with Crippen molar-refractivity contribution >= 4 is 27.6 Å². The normalized spacial score (nSPS) is 11.5. The Morgan fingerprint density at radius 3 is 2.39 bits per heavy atom. The van der Waals surface area contributed by atoms with Crippen LogP contribution in [0.2, 0.25) is 0 Å². The van der Waals surface area contributed by atoms with Gasteiger partial charge < -0.3 is 15.0 Å². The number of carbonyl (C=O) groups is 2. The Morgan fingerprint density at radius 1 is 1.11 bits per heavy atom. The first-order valence-electron chi connectivity index (χ1n) is 11.8. The van der Waals surface area contributed by atoms with Crippen molar-refractivity contribution in [3.63, 3.8) is 0 Å². The number of rotatable bonds is 8. The Morgan fingerprint density at radius 2 is 1.79 bits per heavy atom. The lowest BCUT2D eigenvalue weighted by molar-refractivity contribution is 0.0817. The van der Waals surface area contributed by atoms with E-state index in [1.165, 1.54) is 44.4 Å². The first-order valence-corrected chi connectivity index (χ1v) is 13.2. The Balaban J connectivity index is 1.98. The summed E-state index contributed by atoms with van der Waals surface area (Å²) < 4.78 is 49.1. The number of hydrogen-bond donors (Lipinski definition) is 2. The summed E-state index contributed by atoms with van der Waals surface area (Å²) in [6.45, 7) is 7.31. The molecule has 0 spiro atoms. The molecule has 0 fully saturated rings. The zero-order valence-electron chi connectivity index (χ0n) is 22.2. The standard InChI is InChI=1S/C25H31FN6O5S/c1-14(2)18-11-17(26)12-19(16-8-9-27-21(10-16)37-15(3)4)23(18)28-25(34)30-38(35,36)22-13-20(32(7)29-22)24(33)31(5)6/h8-15H,1-7H3,(H2,28,30,34). The summed E-state index contributed by atoms with van der Waals surface area (Å²) in [6.07, 6.45) is 1.35. The maximum Gasteiger partial charge on any atom is 0.333 e. The van der Waals surface area contributed by atoms with E-state index in [2.05, 4.69) is 15.4 Å². The molecular formula is C25H31FN6O5S. The van der Waals surface area contributed by atoms with Crippen molar-refractivity contribution < 1.29 is 27.1 Å². The van der Waals surface area contributed by atoms with Gasteiger partial charge in [0.05, 0.1) is 11.8 Å². The highest BCUT2D eigenvalue weighted by molar-refractivity contribution is 7.90. The fourth-order valence-corrected chi connectivity index (χ4v) is 4.54. The molecule has 2 N–H and O–H groups in total. The summed E-state index contributed by atoms with van der Waals surface area (Å²) in [5.41, 5.74) is 1.52. The SMILES string of the molecule is CC(C)Oc1cc(-c2cc(F)cc(C(C)C)c2NC(=O)NS(=O)(=O)c2cc(C(=O)N(C)C)n(C)n2)ccn1. The minimum Gasteiger partial charge on any atom is -0.475 e. The topological polar surface area (TPSA) is 136 Å². The molecule has 0 saturated heterocycles. The number of aromatic nitrogens is 3. The van der Waals surface area contributed by atoms with Crippen LogP contribution in [0, 0.1) is 5.82 Å². The number of sulfonamides is 1. The van der Waals surface area contributed by atoms with Gasteiger partial charge in [0.2, 0.25) is 5.88 Å². The van der Waals surface area contributed by atoms with Crippen LogP contribution in [-0.4, -0.2) is 60.2 Å². The van der Waals surface area contributed by atoms with Gasteiger partial charge in [-0.3, -0.25) is 9.48 Å². The van der Waals surface area contributed by atoms with Crippen molar-refractivity contribution in [3.8, 4) is 17.0 Å². The molecule has 0 bridgehead atoms. The molecule has 0 aliphatic carbocycles. The molecule has 11 nitrogen and oxygen atoms in total. The summed E-state index contributed by atoms with van der Waals surface area (Å²) in [4.78, 5) is 30.7. The number of pyridine rings is 1. The number of benzene rings is 1. The molecule has 204 valence electrons. The van der Waals surface area contributed by atoms with Crippen LogP contribution in [0.25, 0.3) is 11.1 Å². The number of hydrogen-bond acceptors (Lipinski definition) is 7.